The second kappa shape index (κ2) is 10.3. The molecule has 0 bridgehead atoms. The zero-order chi connectivity index (χ0) is 23.1. The highest BCUT2D eigenvalue weighted by atomic mass is 16.6. The minimum absolute atomic E-state index is 0.0518. The van der Waals surface area contributed by atoms with E-state index in [-0.39, 0.29) is 17.4 Å². The van der Waals surface area contributed by atoms with E-state index in [2.05, 4.69) is 22.8 Å². The summed E-state index contributed by atoms with van der Waals surface area (Å²) in [4.78, 5) is 25.2. The van der Waals surface area contributed by atoms with E-state index in [4.69, 9.17) is 4.74 Å². The minimum atomic E-state index is -0.425. The maximum Gasteiger partial charge on any atom is 0.411 e. The van der Waals surface area contributed by atoms with E-state index < -0.39 is 6.09 Å². The van der Waals surface area contributed by atoms with Crippen molar-refractivity contribution in [1.29, 1.82) is 0 Å². The van der Waals surface area contributed by atoms with E-state index >= 15 is 0 Å². The van der Waals surface area contributed by atoms with Crippen LogP contribution in [0.5, 0.6) is 0 Å². The van der Waals surface area contributed by atoms with Crippen LogP contribution in [0.25, 0.3) is 0 Å². The lowest BCUT2D eigenvalue weighted by Gasteiger charge is -2.40. The first-order chi connectivity index (χ1) is 16.1. The van der Waals surface area contributed by atoms with E-state index in [9.17, 15) is 9.59 Å². The molecule has 2 amide bonds. The van der Waals surface area contributed by atoms with Crippen LogP contribution in [0, 0.1) is 6.92 Å². The number of hydrogen-bond acceptors (Lipinski definition) is 3. The third-order valence-electron chi connectivity index (χ3n) is 6.55. The Morgan fingerprint density at radius 1 is 0.879 bits per heavy atom. The number of aryl methyl sites for hydroxylation is 1. The van der Waals surface area contributed by atoms with Gasteiger partial charge in [-0.1, -0.05) is 66.7 Å². The molecule has 0 unspecified atom stereocenters. The molecule has 5 heteroatoms. The van der Waals surface area contributed by atoms with Crippen molar-refractivity contribution in [3.8, 4) is 0 Å². The molecule has 0 spiro atoms. The normalized spacial score (nSPS) is 20.0. The van der Waals surface area contributed by atoms with E-state index in [0.29, 0.717) is 12.1 Å². The third-order valence-corrected chi connectivity index (χ3v) is 6.55. The summed E-state index contributed by atoms with van der Waals surface area (Å²) >= 11 is 0. The van der Waals surface area contributed by atoms with Gasteiger partial charge >= 0.3 is 6.09 Å². The first-order valence-electron chi connectivity index (χ1n) is 11.5. The van der Waals surface area contributed by atoms with Gasteiger partial charge in [-0.3, -0.25) is 10.1 Å². The molecular weight excluding hydrogens is 412 g/mol. The molecule has 0 aliphatic heterocycles. The Labute approximate surface area is 195 Å². The number of rotatable bonds is 6. The van der Waals surface area contributed by atoms with Crippen LogP contribution in [-0.2, 0) is 10.2 Å². The maximum atomic E-state index is 12.9. The van der Waals surface area contributed by atoms with Crippen LogP contribution in [0.15, 0.2) is 84.9 Å². The number of carbonyl (C=O) groups is 2. The smallest absolute Gasteiger partial charge is 0.411 e. The number of hydrogen-bond donors (Lipinski definition) is 2. The Morgan fingerprint density at radius 3 is 2.15 bits per heavy atom. The van der Waals surface area contributed by atoms with Crippen LogP contribution in [0.3, 0.4) is 0 Å². The van der Waals surface area contributed by atoms with E-state index in [1.54, 1.807) is 0 Å². The molecule has 3 aromatic rings. The molecule has 0 atom stereocenters. The third kappa shape index (κ3) is 5.61. The highest BCUT2D eigenvalue weighted by Gasteiger charge is 2.38. The van der Waals surface area contributed by atoms with Gasteiger partial charge in [-0.25, -0.2) is 4.79 Å². The van der Waals surface area contributed by atoms with Crippen molar-refractivity contribution in [2.24, 2.45) is 0 Å². The largest absolute Gasteiger partial charge is 0.446 e. The topological polar surface area (TPSA) is 67.4 Å². The fraction of sp³-hybridized carbons (Fsp3) is 0.286. The van der Waals surface area contributed by atoms with Crippen molar-refractivity contribution < 1.29 is 14.3 Å². The Hall–Kier alpha value is -3.60. The summed E-state index contributed by atoms with van der Waals surface area (Å²) in [5.41, 5.74) is 3.41. The molecule has 33 heavy (non-hydrogen) atoms. The molecule has 1 fully saturated rings. The second-order valence-electron chi connectivity index (χ2n) is 8.74. The van der Waals surface area contributed by atoms with Gasteiger partial charge in [0.15, 0.2) is 0 Å². The van der Waals surface area contributed by atoms with Crippen molar-refractivity contribution in [3.05, 3.63) is 102 Å². The lowest BCUT2D eigenvalue weighted by molar-refractivity contribution is 0.0650. The van der Waals surface area contributed by atoms with Crippen LogP contribution in [0.1, 0.15) is 47.2 Å². The highest BCUT2D eigenvalue weighted by molar-refractivity contribution is 5.95. The molecule has 5 nitrogen and oxygen atoms in total. The number of amides is 2. The van der Waals surface area contributed by atoms with Gasteiger partial charge in [-0.05, 0) is 61.9 Å². The summed E-state index contributed by atoms with van der Waals surface area (Å²) in [6.07, 6.45) is 2.58. The van der Waals surface area contributed by atoms with Crippen LogP contribution in [0.4, 0.5) is 10.5 Å². The molecule has 1 aliphatic carbocycles. The van der Waals surface area contributed by atoms with Gasteiger partial charge in [0, 0.05) is 23.2 Å². The maximum absolute atomic E-state index is 12.9. The van der Waals surface area contributed by atoms with Gasteiger partial charge in [-0.15, -0.1) is 0 Å². The van der Waals surface area contributed by atoms with Crippen LogP contribution < -0.4 is 10.6 Å². The van der Waals surface area contributed by atoms with Gasteiger partial charge in [0.1, 0.15) is 6.10 Å². The lowest BCUT2D eigenvalue weighted by Crippen LogP contribution is -2.45. The van der Waals surface area contributed by atoms with E-state index in [1.165, 1.54) is 5.56 Å². The molecule has 1 aliphatic rings. The SMILES string of the molecule is Cc1ccccc1C(=O)NCC1(c2ccccc2)CCC(OC(=O)Nc2ccccc2)CC1. The molecular formula is C28H30N2O3. The summed E-state index contributed by atoms with van der Waals surface area (Å²) in [6.45, 7) is 2.50. The van der Waals surface area contributed by atoms with Crippen molar-refractivity contribution in [1.82, 2.24) is 5.32 Å². The van der Waals surface area contributed by atoms with Gasteiger partial charge in [0.2, 0.25) is 0 Å². The Kier molecular flexibility index (Phi) is 7.08. The molecule has 4 rings (SSSR count). The van der Waals surface area contributed by atoms with E-state index in [1.807, 2.05) is 79.7 Å². The fourth-order valence-corrected chi connectivity index (χ4v) is 4.61. The molecule has 1 saturated carbocycles. The first kappa shape index (κ1) is 22.6. The predicted octanol–water partition coefficient (Wildman–Crippen LogP) is 5.85. The van der Waals surface area contributed by atoms with Gasteiger partial charge in [-0.2, -0.15) is 0 Å². The quantitative estimate of drug-likeness (QED) is 0.503. The zero-order valence-electron chi connectivity index (χ0n) is 18.9. The number of carbonyl (C=O) groups excluding carboxylic acids is 2. The Balaban J connectivity index is 1.40. The number of para-hydroxylation sites is 1. The lowest BCUT2D eigenvalue weighted by atomic mass is 9.68. The molecule has 0 saturated heterocycles. The predicted molar refractivity (Wildman–Crippen MR) is 130 cm³/mol. The van der Waals surface area contributed by atoms with Crippen LogP contribution in [-0.4, -0.2) is 24.6 Å². The molecule has 2 N–H and O–H groups in total. The van der Waals surface area contributed by atoms with Crippen molar-refractivity contribution in [2.75, 3.05) is 11.9 Å². The minimum Gasteiger partial charge on any atom is -0.446 e. The second-order valence-corrected chi connectivity index (χ2v) is 8.74. The number of anilines is 1. The van der Waals surface area contributed by atoms with Gasteiger partial charge < -0.3 is 10.1 Å². The summed E-state index contributed by atoms with van der Waals surface area (Å²) in [7, 11) is 0. The molecule has 3 aromatic carbocycles. The first-order valence-corrected chi connectivity index (χ1v) is 11.5. The zero-order valence-corrected chi connectivity index (χ0v) is 18.9. The molecule has 0 heterocycles. The Bertz CT molecular complexity index is 1070. The van der Waals surface area contributed by atoms with E-state index in [0.717, 1.165) is 36.9 Å². The summed E-state index contributed by atoms with van der Waals surface area (Å²) in [6, 6.07) is 27.3. The standard InChI is InChI=1S/C28H30N2O3/c1-21-10-8-9-15-25(21)26(31)29-20-28(22-11-4-2-5-12-22)18-16-24(17-19-28)33-27(32)30-23-13-6-3-7-14-23/h2-15,24H,16-20H2,1H3,(H,29,31)(H,30,32). The summed E-state index contributed by atoms with van der Waals surface area (Å²) < 4.78 is 5.70. The van der Waals surface area contributed by atoms with Crippen LogP contribution >= 0.6 is 0 Å². The highest BCUT2D eigenvalue weighted by Crippen LogP contribution is 2.40. The monoisotopic (exact) mass is 442 g/mol. The summed E-state index contributed by atoms with van der Waals surface area (Å²) in [5.74, 6) is -0.0518. The number of ether oxygens (including phenoxy) is 1. The number of benzene rings is 3. The van der Waals surface area contributed by atoms with Crippen molar-refractivity contribution in [3.63, 3.8) is 0 Å². The fourth-order valence-electron chi connectivity index (χ4n) is 4.61. The molecule has 0 radical (unpaired) electrons. The van der Waals surface area contributed by atoms with Crippen LogP contribution in [0.2, 0.25) is 0 Å². The average Bonchev–Trinajstić information content (AvgIpc) is 2.85. The molecule has 170 valence electrons. The molecule has 0 aromatic heterocycles. The Morgan fingerprint density at radius 2 is 1.48 bits per heavy atom. The van der Waals surface area contributed by atoms with Gasteiger partial charge in [0.05, 0.1) is 0 Å². The number of nitrogens with one attached hydrogen (secondary N) is 2. The summed E-state index contributed by atoms with van der Waals surface area (Å²) in [5, 5.41) is 5.97. The average molecular weight is 443 g/mol. The van der Waals surface area contributed by atoms with Crippen molar-refractivity contribution >= 4 is 17.7 Å². The van der Waals surface area contributed by atoms with Gasteiger partial charge in [0.25, 0.3) is 5.91 Å². The van der Waals surface area contributed by atoms with Crippen molar-refractivity contribution in [2.45, 2.75) is 44.1 Å².